The van der Waals surface area contributed by atoms with E-state index in [4.69, 9.17) is 11.2 Å². The Bertz CT molecular complexity index is 1930. The second kappa shape index (κ2) is 15.8. The average Bonchev–Trinajstić information content (AvgIpc) is 3.49. The SMILES string of the molecule is C#CCCCN(CCN(C)C1=C(/C=C/C2(C)N(C)c3ccccc3C2(C)C)CCC/C1=C\C=C1/C(C)c2ccccc2N1C)C(=O)Oc1ccccc1. The molecule has 3 aromatic carbocycles. The van der Waals surface area contributed by atoms with E-state index < -0.39 is 0 Å². The zero-order valence-corrected chi connectivity index (χ0v) is 32.7. The molecule has 0 radical (unpaired) electrons. The maximum Gasteiger partial charge on any atom is 0.415 e. The Labute approximate surface area is 318 Å². The highest BCUT2D eigenvalue weighted by atomic mass is 16.6. The van der Waals surface area contributed by atoms with E-state index in [1.165, 1.54) is 45.0 Å². The normalized spacial score (nSPS) is 22.0. The van der Waals surface area contributed by atoms with Gasteiger partial charge in [0.15, 0.2) is 0 Å². The van der Waals surface area contributed by atoms with Crippen LogP contribution in [0.15, 0.2) is 126 Å². The van der Waals surface area contributed by atoms with E-state index in [0.29, 0.717) is 37.7 Å². The van der Waals surface area contributed by atoms with E-state index in [0.717, 1.165) is 25.7 Å². The number of allylic oxidation sites excluding steroid dienone is 6. The molecule has 6 heteroatoms. The molecule has 0 aromatic heterocycles. The number of hydrogen-bond acceptors (Lipinski definition) is 5. The molecule has 3 aromatic rings. The number of fused-ring (bicyclic) bond motifs is 2. The molecule has 53 heavy (non-hydrogen) atoms. The van der Waals surface area contributed by atoms with Gasteiger partial charge in [-0.3, -0.25) is 0 Å². The van der Waals surface area contributed by atoms with E-state index in [1.54, 1.807) is 4.90 Å². The summed E-state index contributed by atoms with van der Waals surface area (Å²) in [5, 5.41) is 0. The first-order valence-electron chi connectivity index (χ1n) is 19.1. The van der Waals surface area contributed by atoms with Crippen molar-refractivity contribution in [2.45, 2.75) is 76.7 Å². The first kappa shape index (κ1) is 37.6. The highest BCUT2D eigenvalue weighted by molar-refractivity contribution is 5.71. The Morgan fingerprint density at radius 1 is 0.925 bits per heavy atom. The molecule has 3 aliphatic rings. The van der Waals surface area contributed by atoms with Gasteiger partial charge in [0.1, 0.15) is 5.75 Å². The van der Waals surface area contributed by atoms with Crippen molar-refractivity contribution in [1.82, 2.24) is 9.80 Å². The molecule has 0 N–H and O–H groups in total. The molecule has 1 aliphatic carbocycles. The fourth-order valence-corrected chi connectivity index (χ4v) is 8.44. The number of hydrogen-bond donors (Lipinski definition) is 0. The van der Waals surface area contributed by atoms with Crippen molar-refractivity contribution in [1.29, 1.82) is 0 Å². The first-order chi connectivity index (χ1) is 25.5. The molecular formula is C47H56N4O2. The molecule has 0 spiro atoms. The van der Waals surface area contributed by atoms with E-state index in [1.807, 2.05) is 30.3 Å². The van der Waals surface area contributed by atoms with Gasteiger partial charge in [-0.1, -0.05) is 93.6 Å². The fraction of sp³-hybridized carbons (Fsp3) is 0.383. The second-order valence-electron chi connectivity index (χ2n) is 15.4. The number of ether oxygens (including phenoxy) is 1. The number of nitrogens with zero attached hydrogens (tertiary/aromatic N) is 4. The lowest BCUT2D eigenvalue weighted by molar-refractivity contribution is 0.147. The molecule has 1 amide bonds. The van der Waals surface area contributed by atoms with E-state index >= 15 is 0 Å². The van der Waals surface area contributed by atoms with Gasteiger partial charge < -0.3 is 24.3 Å². The predicted octanol–water partition coefficient (Wildman–Crippen LogP) is 10.1. The van der Waals surface area contributed by atoms with Crippen LogP contribution >= 0.6 is 0 Å². The third kappa shape index (κ3) is 7.40. The summed E-state index contributed by atoms with van der Waals surface area (Å²) in [6, 6.07) is 26.8. The molecule has 6 rings (SSSR count). The topological polar surface area (TPSA) is 39.3 Å². The van der Waals surface area contributed by atoms with Gasteiger partial charge in [0.25, 0.3) is 0 Å². The Kier molecular flexibility index (Phi) is 11.2. The van der Waals surface area contributed by atoms with Crippen molar-refractivity contribution in [3.05, 3.63) is 137 Å². The zero-order chi connectivity index (χ0) is 37.8. The van der Waals surface area contributed by atoms with Crippen molar-refractivity contribution < 1.29 is 9.53 Å². The maximum atomic E-state index is 13.5. The number of unbranched alkanes of at least 4 members (excludes halogenated alkanes) is 1. The zero-order valence-electron chi connectivity index (χ0n) is 32.7. The molecule has 0 fully saturated rings. The van der Waals surface area contributed by atoms with Gasteiger partial charge in [-0.25, -0.2) is 4.79 Å². The fourth-order valence-electron chi connectivity index (χ4n) is 8.44. The van der Waals surface area contributed by atoms with Crippen LogP contribution in [-0.2, 0) is 5.41 Å². The van der Waals surface area contributed by atoms with Crippen LogP contribution in [0.1, 0.15) is 76.8 Å². The highest BCUT2D eigenvalue weighted by Crippen LogP contribution is 2.51. The van der Waals surface area contributed by atoms with Gasteiger partial charge in [0, 0.05) is 81.3 Å². The Morgan fingerprint density at radius 3 is 2.34 bits per heavy atom. The first-order valence-corrected chi connectivity index (χ1v) is 19.1. The van der Waals surface area contributed by atoms with Crippen LogP contribution in [0.4, 0.5) is 16.2 Å². The van der Waals surface area contributed by atoms with Gasteiger partial charge in [0.05, 0.1) is 5.54 Å². The summed E-state index contributed by atoms with van der Waals surface area (Å²) >= 11 is 0. The van der Waals surface area contributed by atoms with Crippen LogP contribution in [0.3, 0.4) is 0 Å². The molecular weight excluding hydrogens is 653 g/mol. The van der Waals surface area contributed by atoms with E-state index in [2.05, 4.69) is 142 Å². The molecule has 0 saturated heterocycles. The minimum absolute atomic E-state index is 0.0879. The number of para-hydroxylation sites is 3. The standard InChI is InChI=1S/C47H56N4O2/c1-9-10-18-32-51(45(52)53-38-22-12-11-13-23-38)34-33-48(6)44-36(28-29-41-35(2)39-24-14-16-26-42(39)49(41)7)20-19-21-37(44)30-31-47(5)46(3,4)40-25-15-17-27-43(40)50(47)8/h1,11-17,22-31,35H,10,18-21,32-34H2,2-8H3/b31-30+,36-28+,41-29+. The van der Waals surface area contributed by atoms with Gasteiger partial charge in [-0.15, -0.1) is 12.3 Å². The van der Waals surface area contributed by atoms with Crippen molar-refractivity contribution in [3.63, 3.8) is 0 Å². The van der Waals surface area contributed by atoms with E-state index in [9.17, 15) is 4.79 Å². The van der Waals surface area contributed by atoms with Crippen molar-refractivity contribution in [3.8, 4) is 18.1 Å². The third-order valence-corrected chi connectivity index (χ3v) is 12.1. The van der Waals surface area contributed by atoms with Gasteiger partial charge in [-0.2, -0.15) is 0 Å². The molecule has 2 aliphatic heterocycles. The summed E-state index contributed by atoms with van der Waals surface area (Å²) in [7, 11) is 6.56. The van der Waals surface area contributed by atoms with Crippen molar-refractivity contribution >= 4 is 17.5 Å². The number of amides is 1. The summed E-state index contributed by atoms with van der Waals surface area (Å²) in [5.74, 6) is 3.57. The van der Waals surface area contributed by atoms with E-state index in [-0.39, 0.29) is 17.0 Å². The van der Waals surface area contributed by atoms with Gasteiger partial charge >= 0.3 is 6.09 Å². The van der Waals surface area contributed by atoms with Crippen molar-refractivity contribution in [2.75, 3.05) is 50.6 Å². The minimum Gasteiger partial charge on any atom is -0.410 e. The number of carbonyl (C=O) groups excluding carboxylic acids is 1. The Balaban J connectivity index is 1.34. The lowest BCUT2D eigenvalue weighted by Crippen LogP contribution is -2.50. The summed E-state index contributed by atoms with van der Waals surface area (Å²) in [4.78, 5) is 22.4. The lowest BCUT2D eigenvalue weighted by Gasteiger charge is -2.42. The molecule has 2 atom stereocenters. The third-order valence-electron chi connectivity index (χ3n) is 12.1. The lowest BCUT2D eigenvalue weighted by atomic mass is 9.71. The largest absolute Gasteiger partial charge is 0.415 e. The van der Waals surface area contributed by atoms with Crippen LogP contribution in [0.2, 0.25) is 0 Å². The molecule has 6 nitrogen and oxygen atoms in total. The average molecular weight is 709 g/mol. The Hall–Kier alpha value is -5.15. The van der Waals surface area contributed by atoms with Gasteiger partial charge in [0.2, 0.25) is 0 Å². The number of benzene rings is 3. The number of likely N-dealkylation sites (N-methyl/N-ethyl adjacent to an activating group) is 3. The second-order valence-corrected chi connectivity index (χ2v) is 15.4. The highest BCUT2D eigenvalue weighted by Gasteiger charge is 2.50. The minimum atomic E-state index is -0.350. The number of anilines is 2. The summed E-state index contributed by atoms with van der Waals surface area (Å²) in [6.45, 7) is 11.1. The number of rotatable bonds is 11. The quantitative estimate of drug-likeness (QED) is 0.147. The van der Waals surface area contributed by atoms with Crippen LogP contribution < -0.4 is 14.5 Å². The summed E-state index contributed by atoms with van der Waals surface area (Å²) in [5.41, 5.74) is 10.2. The molecule has 0 saturated carbocycles. The monoisotopic (exact) mass is 708 g/mol. The van der Waals surface area contributed by atoms with Crippen LogP contribution in [0, 0.1) is 12.3 Å². The maximum absolute atomic E-state index is 13.5. The molecule has 2 unspecified atom stereocenters. The predicted molar refractivity (Wildman–Crippen MR) is 220 cm³/mol. The van der Waals surface area contributed by atoms with Crippen LogP contribution in [0.25, 0.3) is 0 Å². The molecule has 276 valence electrons. The smallest absolute Gasteiger partial charge is 0.410 e. The summed E-state index contributed by atoms with van der Waals surface area (Å²) < 4.78 is 5.80. The Morgan fingerprint density at radius 2 is 1.62 bits per heavy atom. The number of terminal acetylenes is 1. The van der Waals surface area contributed by atoms with Crippen LogP contribution in [0.5, 0.6) is 5.75 Å². The van der Waals surface area contributed by atoms with Gasteiger partial charge in [-0.05, 0) is 85.2 Å². The molecule has 2 heterocycles. The summed E-state index contributed by atoms with van der Waals surface area (Å²) in [6.07, 6.45) is 19.1. The molecule has 0 bridgehead atoms. The van der Waals surface area contributed by atoms with Crippen LogP contribution in [-0.4, -0.2) is 62.2 Å². The van der Waals surface area contributed by atoms with Crippen molar-refractivity contribution in [2.24, 2.45) is 0 Å². The number of carbonyl (C=O) groups is 1.